The molecule has 2 aromatic rings. The molecule has 0 saturated carbocycles. The zero-order chi connectivity index (χ0) is 13.7. The van der Waals surface area contributed by atoms with Crippen LogP contribution in [0.1, 0.15) is 23.6 Å². The highest BCUT2D eigenvalue weighted by molar-refractivity contribution is 5.41. The van der Waals surface area contributed by atoms with Crippen LogP contribution in [0.15, 0.2) is 48.5 Å². The summed E-state index contributed by atoms with van der Waals surface area (Å²) < 4.78 is 18.9. The fourth-order valence-electron chi connectivity index (χ4n) is 2.65. The van der Waals surface area contributed by atoms with Crippen LogP contribution >= 0.6 is 0 Å². The summed E-state index contributed by atoms with van der Waals surface area (Å²) in [6, 6.07) is 13.6. The van der Waals surface area contributed by atoms with E-state index in [0.29, 0.717) is 5.56 Å². The van der Waals surface area contributed by atoms with Crippen molar-refractivity contribution in [3.63, 3.8) is 0 Å². The van der Waals surface area contributed by atoms with Crippen molar-refractivity contribution in [2.45, 2.75) is 25.2 Å². The van der Waals surface area contributed by atoms with Gasteiger partial charge in [0.1, 0.15) is 5.82 Å². The van der Waals surface area contributed by atoms with Crippen LogP contribution in [-0.4, -0.2) is 5.11 Å². The normalized spacial score (nSPS) is 29.3. The Morgan fingerprint density at radius 2 is 1.84 bits per heavy atom. The maximum Gasteiger partial charge on any atom is 0.227 e. The quantitative estimate of drug-likeness (QED) is 0.839. The Morgan fingerprint density at radius 1 is 1.11 bits per heavy atom. The lowest BCUT2D eigenvalue weighted by Gasteiger charge is -2.14. The zero-order valence-corrected chi connectivity index (χ0v) is 10.9. The van der Waals surface area contributed by atoms with Crippen LogP contribution in [0.2, 0.25) is 0 Å². The van der Waals surface area contributed by atoms with E-state index in [1.807, 2.05) is 38.1 Å². The van der Waals surface area contributed by atoms with E-state index < -0.39 is 11.4 Å². The molecule has 0 aromatic heterocycles. The lowest BCUT2D eigenvalue weighted by Crippen LogP contribution is -2.20. The number of epoxide rings is 1. The molecule has 2 aromatic carbocycles. The number of benzene rings is 2. The van der Waals surface area contributed by atoms with Gasteiger partial charge >= 0.3 is 0 Å². The van der Waals surface area contributed by atoms with Crippen molar-refractivity contribution in [3.8, 4) is 0 Å². The summed E-state index contributed by atoms with van der Waals surface area (Å²) in [5.74, 6) is -1.84. The molecule has 0 spiro atoms. The van der Waals surface area contributed by atoms with Gasteiger partial charge in [0.25, 0.3) is 0 Å². The Bertz CT molecular complexity index is 640. The summed E-state index contributed by atoms with van der Waals surface area (Å²) in [6.45, 7) is 3.79. The van der Waals surface area contributed by atoms with Crippen molar-refractivity contribution in [1.82, 2.24) is 0 Å². The number of ether oxygens (including phenoxy) is 1. The van der Waals surface area contributed by atoms with Gasteiger partial charge in [0.2, 0.25) is 5.79 Å². The molecule has 2 nitrogen and oxygen atoms in total. The second-order valence-electron chi connectivity index (χ2n) is 5.10. The van der Waals surface area contributed by atoms with E-state index in [1.54, 1.807) is 12.1 Å². The van der Waals surface area contributed by atoms with Gasteiger partial charge in [0, 0.05) is 5.56 Å². The molecule has 0 amide bonds. The molecular formula is C16H15FO2. The van der Waals surface area contributed by atoms with Gasteiger partial charge in [-0.15, -0.1) is 0 Å². The second-order valence-corrected chi connectivity index (χ2v) is 5.10. The van der Waals surface area contributed by atoms with Gasteiger partial charge in [-0.3, -0.25) is 0 Å². The van der Waals surface area contributed by atoms with E-state index in [-0.39, 0.29) is 5.82 Å². The van der Waals surface area contributed by atoms with Crippen molar-refractivity contribution in [3.05, 3.63) is 71.0 Å². The van der Waals surface area contributed by atoms with Crippen LogP contribution in [0.4, 0.5) is 4.39 Å². The Morgan fingerprint density at radius 3 is 2.53 bits per heavy atom. The fraction of sp³-hybridized carbons (Fsp3) is 0.250. The number of aryl methyl sites for hydroxylation is 1. The van der Waals surface area contributed by atoms with E-state index in [2.05, 4.69) is 0 Å². The van der Waals surface area contributed by atoms with Gasteiger partial charge in [-0.1, -0.05) is 36.4 Å². The molecule has 98 valence electrons. The maximum atomic E-state index is 13.3. The minimum absolute atomic E-state index is 0.381. The van der Waals surface area contributed by atoms with Gasteiger partial charge in [-0.25, -0.2) is 4.39 Å². The first-order valence-corrected chi connectivity index (χ1v) is 6.22. The molecule has 2 unspecified atom stereocenters. The lowest BCUT2D eigenvalue weighted by atomic mass is 9.88. The third-order valence-corrected chi connectivity index (χ3v) is 3.83. The van der Waals surface area contributed by atoms with E-state index in [1.165, 1.54) is 12.1 Å². The molecule has 0 bridgehead atoms. The zero-order valence-electron chi connectivity index (χ0n) is 10.9. The minimum Gasteiger partial charge on any atom is -0.359 e. The van der Waals surface area contributed by atoms with Crippen molar-refractivity contribution in [1.29, 1.82) is 0 Å². The van der Waals surface area contributed by atoms with Gasteiger partial charge in [0.05, 0.1) is 0 Å². The monoisotopic (exact) mass is 258 g/mol. The predicted octanol–water partition coefficient (Wildman–Crippen LogP) is 3.22. The molecule has 3 heteroatoms. The molecule has 1 fully saturated rings. The van der Waals surface area contributed by atoms with E-state index in [0.717, 1.165) is 11.1 Å². The SMILES string of the molecule is Cc1ccccc1C1(C)OC1(O)c1cccc(F)c1. The lowest BCUT2D eigenvalue weighted by molar-refractivity contribution is 0.0327. The Balaban J connectivity index is 2.05. The first-order valence-electron chi connectivity index (χ1n) is 6.22. The number of halogens is 1. The average molecular weight is 258 g/mol. The highest BCUT2D eigenvalue weighted by Gasteiger charge is 2.69. The molecule has 1 N–H and O–H groups in total. The largest absolute Gasteiger partial charge is 0.359 e. The first-order chi connectivity index (χ1) is 8.97. The number of hydrogen-bond donors (Lipinski definition) is 1. The molecule has 1 aliphatic heterocycles. The average Bonchev–Trinajstić information content (AvgIpc) is 2.95. The van der Waals surface area contributed by atoms with Gasteiger partial charge in [-0.2, -0.15) is 0 Å². The summed E-state index contributed by atoms with van der Waals surface area (Å²) in [7, 11) is 0. The number of rotatable bonds is 2. The summed E-state index contributed by atoms with van der Waals surface area (Å²) in [5, 5.41) is 10.6. The smallest absolute Gasteiger partial charge is 0.227 e. The summed E-state index contributed by atoms with van der Waals surface area (Å²) >= 11 is 0. The molecule has 0 radical (unpaired) electrons. The summed E-state index contributed by atoms with van der Waals surface area (Å²) in [6.07, 6.45) is 0. The fourth-order valence-corrected chi connectivity index (χ4v) is 2.65. The third-order valence-electron chi connectivity index (χ3n) is 3.83. The van der Waals surface area contributed by atoms with Gasteiger partial charge in [-0.05, 0) is 37.1 Å². The Hall–Kier alpha value is -1.71. The topological polar surface area (TPSA) is 32.8 Å². The number of aliphatic hydroxyl groups is 1. The van der Waals surface area contributed by atoms with Crippen LogP contribution in [-0.2, 0) is 16.1 Å². The van der Waals surface area contributed by atoms with Crippen LogP contribution in [0.5, 0.6) is 0 Å². The Kier molecular flexibility index (Phi) is 2.52. The van der Waals surface area contributed by atoms with E-state index >= 15 is 0 Å². The van der Waals surface area contributed by atoms with Crippen molar-refractivity contribution < 1.29 is 14.2 Å². The van der Waals surface area contributed by atoms with Crippen LogP contribution in [0.25, 0.3) is 0 Å². The predicted molar refractivity (Wildman–Crippen MR) is 69.9 cm³/mol. The molecule has 1 aliphatic rings. The van der Waals surface area contributed by atoms with Crippen molar-refractivity contribution in [2.24, 2.45) is 0 Å². The van der Waals surface area contributed by atoms with Crippen molar-refractivity contribution in [2.75, 3.05) is 0 Å². The maximum absolute atomic E-state index is 13.3. The Labute approximate surface area is 111 Å². The second kappa shape index (κ2) is 3.89. The van der Waals surface area contributed by atoms with Crippen LogP contribution in [0.3, 0.4) is 0 Å². The van der Waals surface area contributed by atoms with E-state index in [9.17, 15) is 9.50 Å². The van der Waals surface area contributed by atoms with Crippen LogP contribution < -0.4 is 0 Å². The summed E-state index contributed by atoms with van der Waals surface area (Å²) in [5.41, 5.74) is 1.57. The van der Waals surface area contributed by atoms with Gasteiger partial charge in [0.15, 0.2) is 5.60 Å². The molecular weight excluding hydrogens is 243 g/mol. The molecule has 19 heavy (non-hydrogen) atoms. The summed E-state index contributed by atoms with van der Waals surface area (Å²) in [4.78, 5) is 0. The molecule has 0 aliphatic carbocycles. The number of hydrogen-bond acceptors (Lipinski definition) is 2. The molecule has 1 saturated heterocycles. The van der Waals surface area contributed by atoms with E-state index in [4.69, 9.17) is 4.74 Å². The van der Waals surface area contributed by atoms with Crippen molar-refractivity contribution >= 4 is 0 Å². The highest BCUT2D eigenvalue weighted by Crippen LogP contribution is 2.60. The first kappa shape index (κ1) is 12.3. The standard InChI is InChI=1S/C16H15FO2/c1-11-6-3-4-9-14(11)15(2)16(18,19-15)12-7-5-8-13(17)10-12/h3-10,18H,1-2H3. The molecule has 1 heterocycles. The minimum atomic E-state index is -1.46. The van der Waals surface area contributed by atoms with Gasteiger partial charge < -0.3 is 9.84 Å². The molecule has 3 rings (SSSR count). The van der Waals surface area contributed by atoms with Crippen LogP contribution in [0, 0.1) is 12.7 Å². The third kappa shape index (κ3) is 1.70. The highest BCUT2D eigenvalue weighted by atomic mass is 19.1. The molecule has 2 atom stereocenters.